The third-order valence-corrected chi connectivity index (χ3v) is 3.10. The van der Waals surface area contributed by atoms with Gasteiger partial charge >= 0.3 is 12.2 Å². The molecule has 0 saturated heterocycles. The van der Waals surface area contributed by atoms with E-state index >= 15 is 0 Å². The molecule has 0 aliphatic carbocycles. The summed E-state index contributed by atoms with van der Waals surface area (Å²) in [6.45, 7) is -0.131. The van der Waals surface area contributed by atoms with Gasteiger partial charge in [0.1, 0.15) is 0 Å². The average molecular weight is 308 g/mol. The maximum Gasteiger partial charge on any atom is 0.416 e. The molecule has 0 atom stereocenters. The van der Waals surface area contributed by atoms with E-state index in [4.69, 9.17) is 0 Å². The number of nitrogens with zero attached hydrogens (tertiary/aromatic N) is 1. The lowest BCUT2D eigenvalue weighted by molar-refractivity contribution is -0.138. The number of hydrogen-bond acceptors (Lipinski definition) is 1. The minimum Gasteiger partial charge on any atom is -0.323 e. The van der Waals surface area contributed by atoms with Crippen LogP contribution in [-0.2, 0) is 12.7 Å². The van der Waals surface area contributed by atoms with Crippen molar-refractivity contribution in [2.45, 2.75) is 12.7 Å². The molecule has 0 aliphatic heterocycles. The Labute approximate surface area is 126 Å². The average Bonchev–Trinajstić information content (AvgIpc) is 2.47. The van der Waals surface area contributed by atoms with E-state index in [2.05, 4.69) is 5.32 Å². The van der Waals surface area contributed by atoms with Crippen molar-refractivity contribution >= 4 is 11.7 Å². The summed E-state index contributed by atoms with van der Waals surface area (Å²) in [6.07, 6.45) is -4.44. The largest absolute Gasteiger partial charge is 0.416 e. The molecule has 116 valence electrons. The van der Waals surface area contributed by atoms with Gasteiger partial charge in [-0.25, -0.2) is 4.79 Å². The molecule has 0 unspecified atom stereocenters. The Morgan fingerprint density at radius 1 is 1.05 bits per heavy atom. The molecule has 2 aromatic carbocycles. The number of nitrogens with one attached hydrogen (secondary N) is 1. The molecule has 0 heterocycles. The number of benzene rings is 2. The van der Waals surface area contributed by atoms with Crippen molar-refractivity contribution in [1.82, 2.24) is 4.90 Å². The van der Waals surface area contributed by atoms with Crippen LogP contribution < -0.4 is 5.32 Å². The second-order valence-corrected chi connectivity index (χ2v) is 4.81. The van der Waals surface area contributed by atoms with E-state index in [-0.39, 0.29) is 12.1 Å². The molecular weight excluding hydrogens is 293 g/mol. The maximum atomic E-state index is 12.9. The van der Waals surface area contributed by atoms with Gasteiger partial charge in [0.15, 0.2) is 0 Å². The zero-order chi connectivity index (χ0) is 16.2. The van der Waals surface area contributed by atoms with Crippen LogP contribution in [0.3, 0.4) is 0 Å². The Kier molecular flexibility index (Phi) is 4.70. The molecular formula is C16H15F3N2O. The molecule has 2 aromatic rings. The molecule has 22 heavy (non-hydrogen) atoms. The summed E-state index contributed by atoms with van der Waals surface area (Å²) in [4.78, 5) is 13.2. The summed E-state index contributed by atoms with van der Waals surface area (Å²) < 4.78 is 38.8. The number of carbonyl (C=O) groups excluding carboxylic acids is 1. The van der Waals surface area contributed by atoms with E-state index in [0.29, 0.717) is 5.69 Å². The fraction of sp³-hybridized carbons (Fsp3) is 0.188. The van der Waals surface area contributed by atoms with E-state index < -0.39 is 17.8 Å². The summed E-state index contributed by atoms with van der Waals surface area (Å²) in [6, 6.07) is 13.5. The number of hydrogen-bond donors (Lipinski definition) is 1. The maximum absolute atomic E-state index is 12.9. The Balaban J connectivity index is 2.09. The van der Waals surface area contributed by atoms with Gasteiger partial charge < -0.3 is 10.2 Å². The van der Waals surface area contributed by atoms with Crippen molar-refractivity contribution < 1.29 is 18.0 Å². The first-order valence-electron chi connectivity index (χ1n) is 6.60. The summed E-state index contributed by atoms with van der Waals surface area (Å²) in [5.41, 5.74) is -0.0847. The highest BCUT2D eigenvalue weighted by Gasteiger charge is 2.33. The third kappa shape index (κ3) is 4.00. The molecule has 0 saturated carbocycles. The lowest BCUT2D eigenvalue weighted by Gasteiger charge is -2.20. The van der Waals surface area contributed by atoms with Gasteiger partial charge in [-0.3, -0.25) is 0 Å². The van der Waals surface area contributed by atoms with E-state index in [9.17, 15) is 18.0 Å². The van der Waals surface area contributed by atoms with E-state index in [0.717, 1.165) is 6.07 Å². The fourth-order valence-electron chi connectivity index (χ4n) is 2.00. The third-order valence-electron chi connectivity index (χ3n) is 3.10. The highest BCUT2D eigenvalue weighted by molar-refractivity contribution is 5.89. The summed E-state index contributed by atoms with van der Waals surface area (Å²) in [5, 5.41) is 2.63. The molecule has 0 radical (unpaired) electrons. The lowest BCUT2D eigenvalue weighted by Crippen LogP contribution is -2.31. The van der Waals surface area contributed by atoms with E-state index in [1.165, 1.54) is 30.1 Å². The van der Waals surface area contributed by atoms with Crippen molar-refractivity contribution in [1.29, 1.82) is 0 Å². The topological polar surface area (TPSA) is 32.3 Å². The quantitative estimate of drug-likeness (QED) is 0.897. The molecule has 2 rings (SSSR count). The van der Waals surface area contributed by atoms with Crippen LogP contribution in [-0.4, -0.2) is 18.0 Å². The second-order valence-electron chi connectivity index (χ2n) is 4.81. The molecule has 1 N–H and O–H groups in total. The fourth-order valence-corrected chi connectivity index (χ4v) is 2.00. The standard InChI is InChI=1S/C16H15F3N2O/c1-21(15(22)20-13-8-3-2-4-9-13)11-12-7-5-6-10-14(12)16(17,18)19/h2-10H,11H2,1H3,(H,20,22). The number of urea groups is 1. The molecule has 0 bridgehead atoms. The molecule has 0 spiro atoms. The van der Waals surface area contributed by atoms with E-state index in [1.807, 2.05) is 0 Å². The van der Waals surface area contributed by atoms with Crippen molar-refractivity contribution in [3.8, 4) is 0 Å². The minimum atomic E-state index is -4.44. The predicted octanol–water partition coefficient (Wildman–Crippen LogP) is 4.37. The second kappa shape index (κ2) is 6.51. The van der Waals surface area contributed by atoms with Crippen molar-refractivity contribution in [3.05, 3.63) is 65.7 Å². The highest BCUT2D eigenvalue weighted by atomic mass is 19.4. The van der Waals surface area contributed by atoms with Crippen molar-refractivity contribution in [3.63, 3.8) is 0 Å². The zero-order valence-corrected chi connectivity index (χ0v) is 11.9. The SMILES string of the molecule is CN(Cc1ccccc1C(F)(F)F)C(=O)Nc1ccccc1. The van der Waals surface area contributed by atoms with Crippen molar-refractivity contribution in [2.24, 2.45) is 0 Å². The zero-order valence-electron chi connectivity index (χ0n) is 11.9. The van der Waals surface area contributed by atoms with E-state index in [1.54, 1.807) is 30.3 Å². The number of alkyl halides is 3. The number of anilines is 1. The van der Waals surface area contributed by atoms with Crippen LogP contribution in [0.25, 0.3) is 0 Å². The first-order chi connectivity index (χ1) is 10.4. The van der Waals surface area contributed by atoms with Crippen LogP contribution in [0.4, 0.5) is 23.7 Å². The van der Waals surface area contributed by atoms with Crippen LogP contribution in [0, 0.1) is 0 Å². The summed E-state index contributed by atoms with van der Waals surface area (Å²) >= 11 is 0. The van der Waals surface area contributed by atoms with Crippen molar-refractivity contribution in [2.75, 3.05) is 12.4 Å². The molecule has 0 fully saturated rings. The minimum absolute atomic E-state index is 0.0562. The number of halogens is 3. The molecule has 0 aliphatic rings. The van der Waals surface area contributed by atoms with Gasteiger partial charge in [-0.05, 0) is 23.8 Å². The van der Waals surface area contributed by atoms with Crippen LogP contribution in [0.1, 0.15) is 11.1 Å². The van der Waals surface area contributed by atoms with Gasteiger partial charge in [0.25, 0.3) is 0 Å². The summed E-state index contributed by atoms with van der Waals surface area (Å²) in [5.74, 6) is 0. The van der Waals surface area contributed by atoms with Gasteiger partial charge in [0.05, 0.1) is 5.56 Å². The Morgan fingerprint density at radius 3 is 2.27 bits per heavy atom. The lowest BCUT2D eigenvalue weighted by atomic mass is 10.1. The van der Waals surface area contributed by atoms with Crippen LogP contribution >= 0.6 is 0 Å². The molecule has 3 nitrogen and oxygen atoms in total. The highest BCUT2D eigenvalue weighted by Crippen LogP contribution is 2.32. The van der Waals surface area contributed by atoms with Crippen LogP contribution in [0.2, 0.25) is 0 Å². The van der Waals surface area contributed by atoms with Gasteiger partial charge in [-0.2, -0.15) is 13.2 Å². The van der Waals surface area contributed by atoms with Gasteiger partial charge in [-0.15, -0.1) is 0 Å². The first kappa shape index (κ1) is 15.9. The Morgan fingerprint density at radius 2 is 1.64 bits per heavy atom. The number of carbonyl (C=O) groups is 1. The van der Waals surface area contributed by atoms with Crippen LogP contribution in [0.15, 0.2) is 54.6 Å². The molecule has 0 aromatic heterocycles. The predicted molar refractivity (Wildman–Crippen MR) is 78.4 cm³/mol. The van der Waals surface area contributed by atoms with Gasteiger partial charge in [0.2, 0.25) is 0 Å². The number of para-hydroxylation sites is 1. The Hall–Kier alpha value is -2.50. The van der Waals surface area contributed by atoms with Gasteiger partial charge in [-0.1, -0.05) is 36.4 Å². The molecule has 2 amide bonds. The summed E-state index contributed by atoms with van der Waals surface area (Å²) in [7, 11) is 1.45. The number of rotatable bonds is 3. The van der Waals surface area contributed by atoms with Crippen LogP contribution in [0.5, 0.6) is 0 Å². The monoisotopic (exact) mass is 308 g/mol. The Bertz CT molecular complexity index is 641. The molecule has 6 heteroatoms. The normalized spacial score (nSPS) is 11.1. The smallest absolute Gasteiger partial charge is 0.323 e. The first-order valence-corrected chi connectivity index (χ1v) is 6.60. The number of amides is 2. The van der Waals surface area contributed by atoms with Gasteiger partial charge in [0, 0.05) is 19.3 Å².